The van der Waals surface area contributed by atoms with E-state index in [0.717, 1.165) is 59.6 Å². The molecule has 3 aromatic rings. The van der Waals surface area contributed by atoms with Crippen molar-refractivity contribution >= 4 is 11.7 Å². The van der Waals surface area contributed by atoms with Crippen molar-refractivity contribution in [3.8, 4) is 22.5 Å². The molecule has 152 valence electrons. The van der Waals surface area contributed by atoms with Crippen LogP contribution in [-0.4, -0.2) is 42.4 Å². The number of aliphatic imine (C=N–C) groups is 1. The lowest BCUT2D eigenvalue weighted by Crippen LogP contribution is -2.40. The van der Waals surface area contributed by atoms with Crippen LogP contribution in [0.15, 0.2) is 53.5 Å². The third kappa shape index (κ3) is 3.01. The number of benzene rings is 2. The van der Waals surface area contributed by atoms with E-state index < -0.39 is 5.54 Å². The largest absolute Gasteiger partial charge is 0.294 e. The van der Waals surface area contributed by atoms with Gasteiger partial charge in [-0.05, 0) is 46.9 Å². The molecule has 0 bridgehead atoms. The summed E-state index contributed by atoms with van der Waals surface area (Å²) in [5.74, 6) is 1.74. The molecule has 0 saturated heterocycles. The molecule has 2 aliphatic rings. The molecule has 1 saturated carbocycles. The number of hydrogen-bond donors (Lipinski definition) is 0. The maximum atomic E-state index is 13.0. The number of carbonyl (C=O) groups is 1. The summed E-state index contributed by atoms with van der Waals surface area (Å²) in [5, 5.41) is 11.9. The molecule has 1 spiro atoms. The van der Waals surface area contributed by atoms with Crippen molar-refractivity contribution in [1.29, 1.82) is 0 Å². The van der Waals surface area contributed by atoms with Crippen LogP contribution in [0.4, 0.5) is 0 Å². The maximum absolute atomic E-state index is 13.0. The number of carbonyl (C=O) groups excluding carboxylic acids is 1. The van der Waals surface area contributed by atoms with Crippen LogP contribution in [0.5, 0.6) is 0 Å². The van der Waals surface area contributed by atoms with Gasteiger partial charge in [0.1, 0.15) is 11.4 Å². The Morgan fingerprint density at radius 1 is 1.00 bits per heavy atom. The molecule has 1 aromatic heterocycles. The van der Waals surface area contributed by atoms with E-state index >= 15 is 0 Å². The van der Waals surface area contributed by atoms with Crippen molar-refractivity contribution in [3.63, 3.8) is 0 Å². The average Bonchev–Trinajstić information content (AvgIpc) is 3.46. The second-order valence-corrected chi connectivity index (χ2v) is 8.16. The van der Waals surface area contributed by atoms with E-state index in [1.807, 2.05) is 37.1 Å². The fourth-order valence-corrected chi connectivity index (χ4v) is 4.65. The lowest BCUT2D eigenvalue weighted by atomic mass is 9.97. The topological polar surface area (TPSA) is 76.3 Å². The van der Waals surface area contributed by atoms with Crippen molar-refractivity contribution in [2.75, 3.05) is 0 Å². The Morgan fingerprint density at radius 3 is 2.37 bits per heavy atom. The number of hydrogen-bond acceptors (Lipinski definition) is 5. The molecule has 1 amide bonds. The molecular formula is C23H24N6O. The Bertz CT molecular complexity index is 1120. The van der Waals surface area contributed by atoms with Crippen LogP contribution in [0.3, 0.4) is 0 Å². The average molecular weight is 400 g/mol. The van der Waals surface area contributed by atoms with Gasteiger partial charge in [0.05, 0.1) is 6.54 Å². The van der Waals surface area contributed by atoms with Gasteiger partial charge in [-0.2, -0.15) is 0 Å². The Labute approximate surface area is 175 Å². The summed E-state index contributed by atoms with van der Waals surface area (Å²) in [6, 6.07) is 16.5. The van der Waals surface area contributed by atoms with Crippen molar-refractivity contribution < 1.29 is 4.79 Å². The highest BCUT2D eigenvalue weighted by molar-refractivity contribution is 6.07. The van der Waals surface area contributed by atoms with Crippen LogP contribution in [0.2, 0.25) is 0 Å². The number of aryl methyl sites for hydroxylation is 1. The monoisotopic (exact) mass is 400 g/mol. The molecule has 7 heteroatoms. The summed E-state index contributed by atoms with van der Waals surface area (Å²) in [5.41, 5.74) is 3.75. The minimum Gasteiger partial charge on any atom is -0.294 e. The zero-order valence-corrected chi connectivity index (χ0v) is 17.2. The quantitative estimate of drug-likeness (QED) is 0.670. The Kier molecular flexibility index (Phi) is 4.46. The van der Waals surface area contributed by atoms with Crippen molar-refractivity contribution in [1.82, 2.24) is 25.1 Å². The van der Waals surface area contributed by atoms with Crippen LogP contribution < -0.4 is 0 Å². The van der Waals surface area contributed by atoms with E-state index in [1.54, 1.807) is 4.68 Å². The highest BCUT2D eigenvalue weighted by Crippen LogP contribution is 2.39. The molecule has 1 fully saturated rings. The Hall–Kier alpha value is -3.35. The lowest BCUT2D eigenvalue weighted by molar-refractivity contribution is -0.131. The lowest BCUT2D eigenvalue weighted by Gasteiger charge is -2.22. The van der Waals surface area contributed by atoms with Gasteiger partial charge < -0.3 is 0 Å². The highest BCUT2D eigenvalue weighted by Gasteiger charge is 2.48. The van der Waals surface area contributed by atoms with Crippen LogP contribution in [0.25, 0.3) is 22.5 Å². The number of amides is 1. The van der Waals surface area contributed by atoms with Crippen molar-refractivity contribution in [2.24, 2.45) is 12.0 Å². The molecule has 7 nitrogen and oxygen atoms in total. The summed E-state index contributed by atoms with van der Waals surface area (Å²) in [4.78, 5) is 19.6. The number of nitrogens with zero attached hydrogens (tertiary/aromatic N) is 6. The second-order valence-electron chi connectivity index (χ2n) is 8.16. The van der Waals surface area contributed by atoms with Gasteiger partial charge in [-0.1, -0.05) is 61.4 Å². The molecule has 2 aromatic carbocycles. The van der Waals surface area contributed by atoms with Gasteiger partial charge in [0, 0.05) is 12.6 Å². The first-order chi connectivity index (χ1) is 14.6. The summed E-state index contributed by atoms with van der Waals surface area (Å²) in [6.45, 7) is 2.51. The molecule has 0 N–H and O–H groups in total. The summed E-state index contributed by atoms with van der Waals surface area (Å²) in [7, 11) is 1.84. The molecule has 1 aliphatic heterocycles. The molecule has 30 heavy (non-hydrogen) atoms. The van der Waals surface area contributed by atoms with E-state index in [2.05, 4.69) is 45.9 Å². The Balaban J connectivity index is 1.40. The van der Waals surface area contributed by atoms with Gasteiger partial charge in [-0.3, -0.25) is 14.7 Å². The molecule has 5 rings (SSSR count). The fourth-order valence-electron chi connectivity index (χ4n) is 4.65. The fraction of sp³-hybridized carbons (Fsp3) is 0.348. The van der Waals surface area contributed by atoms with Crippen molar-refractivity contribution in [2.45, 2.75) is 44.7 Å². The SMILES string of the molecule is CC1=NC2(CCCC2)C(=O)N1Cc1ccc(-c2ccccc2-c2nnnn2C)cc1. The van der Waals surface area contributed by atoms with Gasteiger partial charge in [0.2, 0.25) is 0 Å². The molecule has 0 unspecified atom stereocenters. The minimum atomic E-state index is -0.479. The van der Waals surface area contributed by atoms with Crippen LogP contribution in [0, 0.1) is 0 Å². The third-order valence-electron chi connectivity index (χ3n) is 6.23. The first-order valence-corrected chi connectivity index (χ1v) is 10.4. The van der Waals surface area contributed by atoms with Crippen LogP contribution >= 0.6 is 0 Å². The zero-order chi connectivity index (χ0) is 20.7. The molecule has 1 aliphatic carbocycles. The Morgan fingerprint density at radius 2 is 1.70 bits per heavy atom. The second kappa shape index (κ2) is 7.16. The van der Waals surface area contributed by atoms with E-state index in [9.17, 15) is 4.79 Å². The number of aromatic nitrogens is 4. The van der Waals surface area contributed by atoms with E-state index in [-0.39, 0.29) is 5.91 Å². The third-order valence-corrected chi connectivity index (χ3v) is 6.23. The van der Waals surface area contributed by atoms with Gasteiger partial charge in [0.15, 0.2) is 5.82 Å². The summed E-state index contributed by atoms with van der Waals surface area (Å²) < 4.78 is 1.67. The molecule has 0 atom stereocenters. The van der Waals surface area contributed by atoms with E-state index in [0.29, 0.717) is 6.54 Å². The van der Waals surface area contributed by atoms with E-state index in [1.165, 1.54) is 0 Å². The van der Waals surface area contributed by atoms with Crippen LogP contribution in [0.1, 0.15) is 38.2 Å². The molecular weight excluding hydrogens is 376 g/mol. The highest BCUT2D eigenvalue weighted by atomic mass is 16.2. The van der Waals surface area contributed by atoms with E-state index in [4.69, 9.17) is 4.99 Å². The van der Waals surface area contributed by atoms with Gasteiger partial charge in [-0.15, -0.1) is 5.10 Å². The first-order valence-electron chi connectivity index (χ1n) is 10.4. The smallest absolute Gasteiger partial charge is 0.256 e. The predicted octanol–water partition coefficient (Wildman–Crippen LogP) is 3.62. The molecule has 2 heterocycles. The zero-order valence-electron chi connectivity index (χ0n) is 17.2. The van der Waals surface area contributed by atoms with Crippen LogP contribution in [-0.2, 0) is 18.4 Å². The number of rotatable bonds is 4. The van der Waals surface area contributed by atoms with Crippen molar-refractivity contribution in [3.05, 3.63) is 54.1 Å². The standard InChI is InChI=1S/C23H24N6O/c1-16-24-23(13-5-6-14-23)22(30)29(16)15-17-9-11-18(12-10-17)19-7-3-4-8-20(19)21-25-26-27-28(21)2/h3-4,7-12H,5-6,13-15H2,1-2H3. The summed E-state index contributed by atoms with van der Waals surface area (Å²) in [6.07, 6.45) is 3.94. The van der Waals surface area contributed by atoms with Gasteiger partial charge >= 0.3 is 0 Å². The number of amidine groups is 1. The normalized spacial score (nSPS) is 17.7. The first kappa shape index (κ1) is 18.7. The predicted molar refractivity (Wildman–Crippen MR) is 115 cm³/mol. The maximum Gasteiger partial charge on any atom is 0.256 e. The van der Waals surface area contributed by atoms with Gasteiger partial charge in [-0.25, -0.2) is 4.68 Å². The molecule has 0 radical (unpaired) electrons. The van der Waals surface area contributed by atoms with Gasteiger partial charge in [0.25, 0.3) is 5.91 Å². The number of tetrazole rings is 1. The minimum absolute atomic E-state index is 0.168. The summed E-state index contributed by atoms with van der Waals surface area (Å²) >= 11 is 0.